The van der Waals surface area contributed by atoms with Crippen molar-refractivity contribution in [2.45, 2.75) is 12.8 Å². The van der Waals surface area contributed by atoms with Crippen molar-refractivity contribution in [3.63, 3.8) is 0 Å². The second-order valence-electron chi connectivity index (χ2n) is 5.23. The molecule has 1 aliphatic rings. The molecule has 1 aromatic rings. The second-order valence-corrected chi connectivity index (χ2v) is 7.73. The molecule has 1 aromatic carbocycles. The lowest BCUT2D eigenvalue weighted by atomic mass is 10.1. The van der Waals surface area contributed by atoms with Crippen molar-refractivity contribution in [1.29, 1.82) is 0 Å². The van der Waals surface area contributed by atoms with Crippen LogP contribution in [0.2, 0.25) is 0 Å². The molecule has 112 valence electrons. The highest BCUT2D eigenvalue weighted by atomic mass is 79.9. The lowest BCUT2D eigenvalue weighted by Crippen LogP contribution is -2.44. The first-order valence-electron chi connectivity index (χ1n) is 6.75. The van der Waals surface area contributed by atoms with Crippen molar-refractivity contribution >= 4 is 47.8 Å². The zero-order valence-corrected chi connectivity index (χ0v) is 16.3. The fourth-order valence-corrected chi connectivity index (χ4v) is 4.92. The molecule has 6 heteroatoms. The largest absolute Gasteiger partial charge is 0.506 e. The molecule has 20 heavy (non-hydrogen) atoms. The lowest BCUT2D eigenvalue weighted by molar-refractivity contribution is 0.153. The summed E-state index contributed by atoms with van der Waals surface area (Å²) >= 11 is 10.4. The highest BCUT2D eigenvalue weighted by Gasteiger charge is 2.15. The summed E-state index contributed by atoms with van der Waals surface area (Å²) in [6.45, 7) is 5.75. The predicted molar refractivity (Wildman–Crippen MR) is 93.5 cm³/mol. The minimum Gasteiger partial charge on any atom is -0.506 e. The van der Waals surface area contributed by atoms with Gasteiger partial charge in [0.25, 0.3) is 0 Å². The third kappa shape index (κ3) is 4.19. The maximum absolute atomic E-state index is 9.96. The van der Waals surface area contributed by atoms with Gasteiger partial charge in [-0.15, -0.1) is 0 Å². The standard InChI is InChI=1S/C14H19Br3N2O/c1-18-5-7-19(8-6-18)4-2-3-10-11(15)9-12(16)14(20)13(10)17/h9,20H,2-8H2,1H3. The molecule has 0 atom stereocenters. The molecule has 3 nitrogen and oxygen atoms in total. The van der Waals surface area contributed by atoms with Gasteiger partial charge >= 0.3 is 0 Å². The second kappa shape index (κ2) is 7.58. The summed E-state index contributed by atoms with van der Waals surface area (Å²) in [4.78, 5) is 4.89. The van der Waals surface area contributed by atoms with E-state index in [0.717, 1.165) is 60.1 Å². The summed E-state index contributed by atoms with van der Waals surface area (Å²) in [5.41, 5.74) is 1.14. The minimum absolute atomic E-state index is 0.280. The Hall–Kier alpha value is 0.380. The number of halogens is 3. The zero-order chi connectivity index (χ0) is 14.7. The Kier molecular flexibility index (Phi) is 6.35. The SMILES string of the molecule is CN1CCN(CCCc2c(Br)cc(Br)c(O)c2Br)CC1. The summed E-state index contributed by atoms with van der Waals surface area (Å²) in [6, 6.07) is 1.91. The van der Waals surface area contributed by atoms with E-state index in [4.69, 9.17) is 0 Å². The van der Waals surface area contributed by atoms with E-state index in [1.165, 1.54) is 0 Å². The van der Waals surface area contributed by atoms with Crippen LogP contribution >= 0.6 is 47.8 Å². The molecule has 0 bridgehead atoms. The monoisotopic (exact) mass is 468 g/mol. The van der Waals surface area contributed by atoms with Crippen LogP contribution in [0.1, 0.15) is 12.0 Å². The first-order valence-corrected chi connectivity index (χ1v) is 9.13. The van der Waals surface area contributed by atoms with Crippen molar-refractivity contribution in [2.75, 3.05) is 39.8 Å². The molecule has 0 aliphatic carbocycles. The molecule has 0 aromatic heterocycles. The first-order chi connectivity index (χ1) is 9.49. The topological polar surface area (TPSA) is 26.7 Å². The van der Waals surface area contributed by atoms with Crippen molar-refractivity contribution < 1.29 is 5.11 Å². The van der Waals surface area contributed by atoms with Gasteiger partial charge in [-0.25, -0.2) is 0 Å². The zero-order valence-electron chi connectivity index (χ0n) is 11.5. The van der Waals surface area contributed by atoms with Gasteiger partial charge in [-0.1, -0.05) is 15.9 Å². The van der Waals surface area contributed by atoms with Gasteiger partial charge in [-0.2, -0.15) is 0 Å². The Labute approximate surface area is 145 Å². The quantitative estimate of drug-likeness (QED) is 0.724. The molecule has 1 aliphatic heterocycles. The van der Waals surface area contributed by atoms with E-state index in [-0.39, 0.29) is 5.75 Å². The van der Waals surface area contributed by atoms with E-state index in [0.29, 0.717) is 4.47 Å². The number of piperazine rings is 1. The van der Waals surface area contributed by atoms with Gasteiger partial charge in [0.2, 0.25) is 0 Å². The molecule has 0 radical (unpaired) electrons. The van der Waals surface area contributed by atoms with Crippen LogP contribution in [0, 0.1) is 0 Å². The molecule has 2 rings (SSSR count). The summed E-state index contributed by atoms with van der Waals surface area (Å²) < 4.78 is 2.53. The summed E-state index contributed by atoms with van der Waals surface area (Å²) in [6.07, 6.45) is 2.05. The van der Waals surface area contributed by atoms with E-state index in [1.54, 1.807) is 0 Å². The maximum atomic E-state index is 9.96. The fraction of sp³-hybridized carbons (Fsp3) is 0.571. The average Bonchev–Trinajstić information content (AvgIpc) is 2.42. The molecule has 0 saturated carbocycles. The van der Waals surface area contributed by atoms with Gasteiger partial charge < -0.3 is 14.9 Å². The molecule has 1 fully saturated rings. The molecular formula is C14H19Br3N2O. The third-order valence-corrected chi connectivity index (χ3v) is 5.90. The lowest BCUT2D eigenvalue weighted by Gasteiger charge is -2.32. The van der Waals surface area contributed by atoms with Gasteiger partial charge in [-0.05, 0) is 69.9 Å². The van der Waals surface area contributed by atoms with Gasteiger partial charge in [-0.3, -0.25) is 0 Å². The molecule has 1 heterocycles. The van der Waals surface area contributed by atoms with E-state index >= 15 is 0 Å². The number of benzene rings is 1. The number of hydrogen-bond acceptors (Lipinski definition) is 3. The fourth-order valence-electron chi connectivity index (χ4n) is 2.40. The number of phenols is 1. The van der Waals surface area contributed by atoms with E-state index < -0.39 is 0 Å². The Morgan fingerprint density at radius 3 is 2.40 bits per heavy atom. The van der Waals surface area contributed by atoms with Crippen LogP contribution in [0.5, 0.6) is 5.75 Å². The first kappa shape index (κ1) is 16.7. The van der Waals surface area contributed by atoms with Crippen LogP contribution < -0.4 is 0 Å². The Balaban J connectivity index is 1.90. The summed E-state index contributed by atoms with van der Waals surface area (Å²) in [7, 11) is 2.18. The molecule has 1 saturated heterocycles. The van der Waals surface area contributed by atoms with Crippen LogP contribution in [0.15, 0.2) is 19.5 Å². The minimum atomic E-state index is 0.280. The molecule has 0 unspecified atom stereocenters. The van der Waals surface area contributed by atoms with E-state index in [2.05, 4.69) is 64.6 Å². The number of phenolic OH excluding ortho intramolecular Hbond substituents is 1. The summed E-state index contributed by atoms with van der Waals surface area (Å²) in [5, 5.41) is 9.96. The van der Waals surface area contributed by atoms with Gasteiger partial charge in [0.05, 0.1) is 8.95 Å². The normalized spacial score (nSPS) is 17.6. The smallest absolute Gasteiger partial charge is 0.144 e. The predicted octanol–water partition coefficient (Wildman–Crippen LogP) is 3.86. The van der Waals surface area contributed by atoms with Gasteiger partial charge in [0.15, 0.2) is 0 Å². The van der Waals surface area contributed by atoms with Crippen molar-refractivity contribution in [2.24, 2.45) is 0 Å². The van der Waals surface area contributed by atoms with E-state index in [9.17, 15) is 5.11 Å². The Morgan fingerprint density at radius 2 is 1.75 bits per heavy atom. The summed E-state index contributed by atoms with van der Waals surface area (Å²) in [5.74, 6) is 0.280. The third-order valence-electron chi connectivity index (χ3n) is 3.74. The number of aromatic hydroxyl groups is 1. The Bertz CT molecular complexity index is 474. The maximum Gasteiger partial charge on any atom is 0.144 e. The van der Waals surface area contributed by atoms with Crippen molar-refractivity contribution in [3.8, 4) is 5.75 Å². The van der Waals surface area contributed by atoms with Crippen LogP contribution in [0.25, 0.3) is 0 Å². The molecular weight excluding hydrogens is 452 g/mol. The number of rotatable bonds is 4. The van der Waals surface area contributed by atoms with Gasteiger partial charge in [0, 0.05) is 30.7 Å². The number of likely N-dealkylation sites (N-methyl/N-ethyl adjacent to an activating group) is 1. The van der Waals surface area contributed by atoms with Crippen molar-refractivity contribution in [3.05, 3.63) is 25.0 Å². The Morgan fingerprint density at radius 1 is 1.10 bits per heavy atom. The molecule has 0 spiro atoms. The van der Waals surface area contributed by atoms with Crippen LogP contribution in [0.4, 0.5) is 0 Å². The van der Waals surface area contributed by atoms with E-state index in [1.807, 2.05) is 6.07 Å². The average molecular weight is 471 g/mol. The van der Waals surface area contributed by atoms with Gasteiger partial charge in [0.1, 0.15) is 5.75 Å². The van der Waals surface area contributed by atoms with Crippen LogP contribution in [0.3, 0.4) is 0 Å². The van der Waals surface area contributed by atoms with Crippen LogP contribution in [-0.4, -0.2) is 54.7 Å². The van der Waals surface area contributed by atoms with Crippen LogP contribution in [-0.2, 0) is 6.42 Å². The number of hydrogen-bond donors (Lipinski definition) is 1. The molecule has 0 amide bonds. The number of nitrogens with zero attached hydrogens (tertiary/aromatic N) is 2. The van der Waals surface area contributed by atoms with Crippen molar-refractivity contribution in [1.82, 2.24) is 9.80 Å². The highest BCUT2D eigenvalue weighted by Crippen LogP contribution is 2.39. The highest BCUT2D eigenvalue weighted by molar-refractivity contribution is 9.11. The molecule has 1 N–H and O–H groups in total.